The van der Waals surface area contributed by atoms with Gasteiger partial charge in [0.15, 0.2) is 0 Å². The van der Waals surface area contributed by atoms with Crippen LogP contribution in [0.3, 0.4) is 0 Å². The minimum Gasteiger partial charge on any atom is -0.394 e. The van der Waals surface area contributed by atoms with Crippen LogP contribution in [0.25, 0.3) is 0 Å². The molecule has 1 aromatic heterocycles. The van der Waals surface area contributed by atoms with Crippen LogP contribution in [0.2, 0.25) is 0 Å². The Labute approximate surface area is 138 Å². The first-order chi connectivity index (χ1) is 11.1. The van der Waals surface area contributed by atoms with E-state index in [0.29, 0.717) is 11.1 Å². The second-order valence-corrected chi connectivity index (χ2v) is 6.73. The fourth-order valence-electron chi connectivity index (χ4n) is 2.74. The second kappa shape index (κ2) is 7.24. The highest BCUT2D eigenvalue weighted by Gasteiger charge is 2.38. The van der Waals surface area contributed by atoms with Crippen LogP contribution in [0.1, 0.15) is 0 Å². The van der Waals surface area contributed by atoms with Crippen LogP contribution in [-0.4, -0.2) is 100 Å². The normalized spacial score (nSPS) is 33.0. The Morgan fingerprint density at radius 3 is 2.70 bits per heavy atom. The van der Waals surface area contributed by atoms with E-state index in [-0.39, 0.29) is 13.2 Å². The standard InChI is InChI=1S/C13H23N5O4S/c1-17-2-4-18(5-3-17)12-15-13(23-16-12)14-8-7-22-9(6-19)11(21)10(8)20/h8-11,19-21H,2-7H2,1H3,(H,14,15,16)/t8-,9+,10+,11-/m0/s1. The Morgan fingerprint density at radius 1 is 1.26 bits per heavy atom. The molecule has 0 spiro atoms. The van der Waals surface area contributed by atoms with Gasteiger partial charge in [-0.2, -0.15) is 9.36 Å². The molecule has 2 saturated heterocycles. The predicted octanol–water partition coefficient (Wildman–Crippen LogP) is -1.82. The van der Waals surface area contributed by atoms with E-state index in [9.17, 15) is 10.2 Å². The van der Waals surface area contributed by atoms with Crippen LogP contribution in [0, 0.1) is 0 Å². The van der Waals surface area contributed by atoms with Crippen LogP contribution in [0.4, 0.5) is 11.1 Å². The molecule has 0 aliphatic carbocycles. The van der Waals surface area contributed by atoms with Gasteiger partial charge in [0.25, 0.3) is 0 Å². The molecule has 0 bridgehead atoms. The van der Waals surface area contributed by atoms with Crippen molar-refractivity contribution in [1.82, 2.24) is 14.3 Å². The first-order valence-electron chi connectivity index (χ1n) is 7.71. The minimum absolute atomic E-state index is 0.187. The summed E-state index contributed by atoms with van der Waals surface area (Å²) in [4.78, 5) is 8.85. The molecule has 2 fully saturated rings. The predicted molar refractivity (Wildman–Crippen MR) is 85.9 cm³/mol. The molecule has 4 N–H and O–H groups in total. The molecule has 0 saturated carbocycles. The summed E-state index contributed by atoms with van der Waals surface area (Å²) < 4.78 is 9.70. The smallest absolute Gasteiger partial charge is 0.239 e. The summed E-state index contributed by atoms with van der Waals surface area (Å²) in [5.41, 5.74) is 0. The van der Waals surface area contributed by atoms with Gasteiger partial charge in [-0.25, -0.2) is 0 Å². The summed E-state index contributed by atoms with van der Waals surface area (Å²) in [6.07, 6.45) is -2.91. The van der Waals surface area contributed by atoms with E-state index in [4.69, 9.17) is 9.84 Å². The van der Waals surface area contributed by atoms with E-state index in [1.54, 1.807) is 0 Å². The fraction of sp³-hybridized carbons (Fsp3) is 0.846. The quantitative estimate of drug-likeness (QED) is 0.501. The third-order valence-electron chi connectivity index (χ3n) is 4.32. The van der Waals surface area contributed by atoms with Gasteiger partial charge in [0.1, 0.15) is 18.3 Å². The summed E-state index contributed by atoms with van der Waals surface area (Å²) in [5.74, 6) is 0.686. The van der Waals surface area contributed by atoms with Gasteiger partial charge in [-0.15, -0.1) is 0 Å². The molecule has 10 heteroatoms. The van der Waals surface area contributed by atoms with Gasteiger partial charge in [-0.1, -0.05) is 0 Å². The number of rotatable bonds is 4. The highest BCUT2D eigenvalue weighted by Crippen LogP contribution is 2.23. The molecule has 0 aromatic carbocycles. The number of aromatic nitrogens is 2. The first-order valence-corrected chi connectivity index (χ1v) is 8.48. The van der Waals surface area contributed by atoms with Crippen molar-refractivity contribution in [1.29, 1.82) is 0 Å². The molecular formula is C13H23N5O4S. The lowest BCUT2D eigenvalue weighted by Gasteiger charge is -2.37. The van der Waals surface area contributed by atoms with E-state index in [1.165, 1.54) is 11.5 Å². The molecule has 2 aliphatic heterocycles. The van der Waals surface area contributed by atoms with Crippen molar-refractivity contribution in [2.24, 2.45) is 0 Å². The van der Waals surface area contributed by atoms with Crippen molar-refractivity contribution in [2.75, 3.05) is 56.7 Å². The van der Waals surface area contributed by atoms with E-state index in [0.717, 1.165) is 26.2 Å². The van der Waals surface area contributed by atoms with Crippen LogP contribution in [0.5, 0.6) is 0 Å². The molecular weight excluding hydrogens is 322 g/mol. The average Bonchev–Trinajstić information content (AvgIpc) is 3.01. The maximum absolute atomic E-state index is 10.1. The second-order valence-electron chi connectivity index (χ2n) is 5.98. The Kier molecular flexibility index (Phi) is 5.29. The molecule has 23 heavy (non-hydrogen) atoms. The number of aliphatic hydroxyl groups excluding tert-OH is 3. The molecule has 130 valence electrons. The SMILES string of the molecule is CN1CCN(c2nsc(N[C@H]3CO[C@H](CO)[C@H](O)[C@@H]3O)n2)CC1. The number of piperazine rings is 1. The van der Waals surface area contributed by atoms with Crippen LogP contribution >= 0.6 is 11.5 Å². The lowest BCUT2D eigenvalue weighted by molar-refractivity contribution is -0.152. The minimum atomic E-state index is -1.13. The van der Waals surface area contributed by atoms with Crippen molar-refractivity contribution < 1.29 is 20.1 Å². The number of ether oxygens (including phenoxy) is 1. The van der Waals surface area contributed by atoms with Crippen molar-refractivity contribution >= 4 is 22.6 Å². The number of nitrogens with zero attached hydrogens (tertiary/aromatic N) is 4. The van der Waals surface area contributed by atoms with Gasteiger partial charge in [0, 0.05) is 37.7 Å². The number of likely N-dealkylation sites (N-methyl/N-ethyl adjacent to an activating group) is 1. The molecule has 0 unspecified atom stereocenters. The van der Waals surface area contributed by atoms with E-state index in [1.807, 2.05) is 0 Å². The molecule has 2 aliphatic rings. The number of anilines is 2. The van der Waals surface area contributed by atoms with Crippen molar-refractivity contribution in [3.05, 3.63) is 0 Å². The maximum atomic E-state index is 10.1. The molecule has 4 atom stereocenters. The summed E-state index contributed by atoms with van der Waals surface area (Å²) in [6.45, 7) is 3.60. The summed E-state index contributed by atoms with van der Waals surface area (Å²) in [6, 6.07) is -0.485. The zero-order valence-electron chi connectivity index (χ0n) is 13.0. The monoisotopic (exact) mass is 345 g/mol. The Morgan fingerprint density at radius 2 is 2.00 bits per heavy atom. The number of hydrogen-bond acceptors (Lipinski definition) is 10. The van der Waals surface area contributed by atoms with Gasteiger partial charge in [0.05, 0.1) is 19.3 Å². The highest BCUT2D eigenvalue weighted by molar-refractivity contribution is 7.09. The van der Waals surface area contributed by atoms with E-state index < -0.39 is 24.4 Å². The van der Waals surface area contributed by atoms with E-state index in [2.05, 4.69) is 31.5 Å². The molecule has 1 aromatic rings. The lowest BCUT2D eigenvalue weighted by atomic mass is 9.99. The van der Waals surface area contributed by atoms with Gasteiger partial charge in [-0.05, 0) is 7.05 Å². The third kappa shape index (κ3) is 3.73. The molecule has 3 heterocycles. The van der Waals surface area contributed by atoms with Crippen molar-refractivity contribution in [3.8, 4) is 0 Å². The first kappa shape index (κ1) is 16.8. The zero-order valence-corrected chi connectivity index (χ0v) is 13.8. The van der Waals surface area contributed by atoms with Gasteiger partial charge < -0.3 is 35.2 Å². The van der Waals surface area contributed by atoms with Crippen molar-refractivity contribution in [3.63, 3.8) is 0 Å². The topological polar surface area (TPSA) is 114 Å². The van der Waals surface area contributed by atoms with Crippen LogP contribution in [0.15, 0.2) is 0 Å². The van der Waals surface area contributed by atoms with E-state index >= 15 is 0 Å². The number of hydrogen-bond donors (Lipinski definition) is 4. The lowest BCUT2D eigenvalue weighted by Crippen LogP contribution is -2.56. The number of aliphatic hydroxyl groups is 3. The molecule has 3 rings (SSSR count). The Balaban J connectivity index is 1.59. The summed E-state index contributed by atoms with van der Waals surface area (Å²) >= 11 is 1.22. The average molecular weight is 345 g/mol. The maximum Gasteiger partial charge on any atom is 0.239 e. The summed E-state index contributed by atoms with van der Waals surface area (Å²) in [5, 5.41) is 32.7. The third-order valence-corrected chi connectivity index (χ3v) is 4.96. The fourth-order valence-corrected chi connectivity index (χ4v) is 3.39. The highest BCUT2D eigenvalue weighted by atomic mass is 32.1. The summed E-state index contributed by atoms with van der Waals surface area (Å²) in [7, 11) is 2.09. The van der Waals surface area contributed by atoms with Gasteiger partial charge >= 0.3 is 0 Å². The zero-order chi connectivity index (χ0) is 16.4. The van der Waals surface area contributed by atoms with Gasteiger partial charge in [0.2, 0.25) is 11.1 Å². The number of nitrogens with one attached hydrogen (secondary N) is 1. The molecule has 9 nitrogen and oxygen atoms in total. The van der Waals surface area contributed by atoms with Crippen molar-refractivity contribution in [2.45, 2.75) is 24.4 Å². The molecule has 0 amide bonds. The van der Waals surface area contributed by atoms with Gasteiger partial charge in [-0.3, -0.25) is 0 Å². The largest absolute Gasteiger partial charge is 0.394 e. The van der Waals surface area contributed by atoms with Crippen LogP contribution < -0.4 is 10.2 Å². The molecule has 0 radical (unpaired) electrons. The Hall–Kier alpha value is -1.04. The van der Waals surface area contributed by atoms with Crippen LogP contribution in [-0.2, 0) is 4.74 Å². The Bertz CT molecular complexity index is 510.